The lowest BCUT2D eigenvalue weighted by atomic mass is 9.81. The van der Waals surface area contributed by atoms with Gasteiger partial charge in [0.05, 0.1) is 5.92 Å². The Balaban J connectivity index is 0.00000312. The van der Waals surface area contributed by atoms with Gasteiger partial charge in [0, 0.05) is 0 Å². The fourth-order valence-electron chi connectivity index (χ4n) is 3.41. The number of fused-ring (bicyclic) bond motifs is 1. The molecule has 2 aromatic rings. The molecular weight excluding hydrogens is 334 g/mol. The molecule has 138 valence electrons. The molecule has 0 aromatic heterocycles. The van der Waals surface area contributed by atoms with Crippen LogP contribution >= 0.6 is 12.4 Å². The summed E-state index contributed by atoms with van der Waals surface area (Å²) in [5.41, 5.74) is 2.20. The van der Waals surface area contributed by atoms with Crippen LogP contribution in [0.4, 0.5) is 0 Å². The highest BCUT2D eigenvalue weighted by Crippen LogP contribution is 2.34. The number of unbranched alkanes of at least 4 members (excludes halogenated alkanes) is 1. The molecule has 2 aromatic carbocycles. The third kappa shape index (κ3) is 5.45. The summed E-state index contributed by atoms with van der Waals surface area (Å²) in [7, 11) is 4.17. The van der Waals surface area contributed by atoms with Crippen molar-refractivity contribution in [3.05, 3.63) is 47.5 Å². The van der Waals surface area contributed by atoms with Crippen molar-refractivity contribution in [1.82, 2.24) is 4.90 Å². The van der Waals surface area contributed by atoms with E-state index in [0.29, 0.717) is 0 Å². The minimum Gasteiger partial charge on any atom is -0.481 e. The van der Waals surface area contributed by atoms with E-state index in [4.69, 9.17) is 0 Å². The summed E-state index contributed by atoms with van der Waals surface area (Å²) in [6, 6.07) is 12.4. The molecule has 0 spiro atoms. The predicted octanol–water partition coefficient (Wildman–Crippen LogP) is 4.97. The molecule has 1 atom stereocenters. The van der Waals surface area contributed by atoms with E-state index in [1.807, 2.05) is 26.0 Å². The molecule has 0 heterocycles. The molecule has 0 saturated heterocycles. The monoisotopic (exact) mass is 363 g/mol. The minimum atomic E-state index is -0.726. The first-order valence-electron chi connectivity index (χ1n) is 8.80. The third-order valence-corrected chi connectivity index (χ3v) is 4.61. The fourth-order valence-corrected chi connectivity index (χ4v) is 3.41. The highest BCUT2D eigenvalue weighted by molar-refractivity contribution is 5.92. The number of aryl methyl sites for hydroxylation is 1. The first-order chi connectivity index (χ1) is 11.4. The second kappa shape index (κ2) is 9.79. The molecule has 2 rings (SSSR count). The van der Waals surface area contributed by atoms with E-state index in [9.17, 15) is 9.90 Å². The average molecular weight is 364 g/mol. The van der Waals surface area contributed by atoms with Crippen molar-refractivity contribution in [2.75, 3.05) is 20.6 Å². The van der Waals surface area contributed by atoms with Crippen molar-refractivity contribution < 1.29 is 9.90 Å². The minimum absolute atomic E-state index is 0. The highest BCUT2D eigenvalue weighted by atomic mass is 35.5. The summed E-state index contributed by atoms with van der Waals surface area (Å²) in [5.74, 6) is -1.12. The molecule has 0 aliphatic rings. The first-order valence-corrected chi connectivity index (χ1v) is 8.80. The van der Waals surface area contributed by atoms with E-state index in [-0.39, 0.29) is 18.3 Å². The summed E-state index contributed by atoms with van der Waals surface area (Å²) >= 11 is 0. The van der Waals surface area contributed by atoms with Crippen LogP contribution in [0.2, 0.25) is 0 Å². The number of rotatable bonds is 8. The van der Waals surface area contributed by atoms with Crippen molar-refractivity contribution >= 4 is 29.1 Å². The van der Waals surface area contributed by atoms with Gasteiger partial charge in [0.25, 0.3) is 0 Å². The van der Waals surface area contributed by atoms with Gasteiger partial charge in [-0.15, -0.1) is 12.4 Å². The predicted molar refractivity (Wildman–Crippen MR) is 108 cm³/mol. The lowest BCUT2D eigenvalue weighted by Crippen LogP contribution is -2.20. The Kier molecular flexibility index (Phi) is 8.40. The Labute approximate surface area is 157 Å². The standard InChI is InChI=1S/C21H29NO2.ClH/c1-15(2)19(21(23)24)20-17(10-7-8-14-22(3)4)13-12-16-9-5-6-11-18(16)20;/h5-6,9,11-13,15,19H,7-8,10,14H2,1-4H3,(H,23,24);1H. The smallest absolute Gasteiger partial charge is 0.311 e. The van der Waals surface area contributed by atoms with Gasteiger partial charge in [-0.2, -0.15) is 0 Å². The maximum atomic E-state index is 11.9. The van der Waals surface area contributed by atoms with Crippen LogP contribution in [0.15, 0.2) is 36.4 Å². The summed E-state index contributed by atoms with van der Waals surface area (Å²) in [5, 5.41) is 12.0. The van der Waals surface area contributed by atoms with E-state index in [1.54, 1.807) is 0 Å². The van der Waals surface area contributed by atoms with Crippen LogP contribution < -0.4 is 0 Å². The molecule has 1 N–H and O–H groups in total. The first kappa shape index (κ1) is 21.5. The van der Waals surface area contributed by atoms with Crippen LogP contribution in [0, 0.1) is 5.92 Å². The number of halogens is 1. The summed E-state index contributed by atoms with van der Waals surface area (Å²) in [6.07, 6.45) is 3.14. The quantitative estimate of drug-likeness (QED) is 0.673. The molecule has 0 amide bonds. The largest absolute Gasteiger partial charge is 0.481 e. The van der Waals surface area contributed by atoms with E-state index >= 15 is 0 Å². The van der Waals surface area contributed by atoms with Gasteiger partial charge in [-0.3, -0.25) is 4.79 Å². The Morgan fingerprint density at radius 2 is 1.76 bits per heavy atom. The zero-order chi connectivity index (χ0) is 17.7. The van der Waals surface area contributed by atoms with Crippen LogP contribution in [0.25, 0.3) is 10.8 Å². The van der Waals surface area contributed by atoms with Crippen LogP contribution in [-0.2, 0) is 11.2 Å². The number of carboxylic acid groups (broad SMARTS) is 1. The Morgan fingerprint density at radius 3 is 2.36 bits per heavy atom. The SMILES string of the molecule is CC(C)C(C(=O)O)c1c(CCCCN(C)C)ccc2ccccc12.Cl. The van der Waals surface area contributed by atoms with E-state index in [0.717, 1.165) is 42.1 Å². The summed E-state index contributed by atoms with van der Waals surface area (Å²) < 4.78 is 0. The number of carboxylic acids is 1. The van der Waals surface area contributed by atoms with Gasteiger partial charge in [0.1, 0.15) is 0 Å². The number of carbonyl (C=O) groups is 1. The van der Waals surface area contributed by atoms with Crippen molar-refractivity contribution in [1.29, 1.82) is 0 Å². The number of hydrogen-bond acceptors (Lipinski definition) is 2. The maximum absolute atomic E-state index is 11.9. The number of nitrogens with zero attached hydrogens (tertiary/aromatic N) is 1. The van der Waals surface area contributed by atoms with E-state index < -0.39 is 11.9 Å². The van der Waals surface area contributed by atoms with Crippen LogP contribution in [0.5, 0.6) is 0 Å². The van der Waals surface area contributed by atoms with Gasteiger partial charge in [0.15, 0.2) is 0 Å². The normalized spacial score (nSPS) is 12.4. The van der Waals surface area contributed by atoms with Gasteiger partial charge in [-0.1, -0.05) is 50.2 Å². The Bertz CT molecular complexity index is 697. The lowest BCUT2D eigenvalue weighted by Gasteiger charge is -2.22. The van der Waals surface area contributed by atoms with Crippen molar-refractivity contribution in [3.63, 3.8) is 0 Å². The second-order valence-corrected chi connectivity index (χ2v) is 7.18. The molecule has 0 bridgehead atoms. The maximum Gasteiger partial charge on any atom is 0.311 e. The molecule has 0 fully saturated rings. The molecule has 3 nitrogen and oxygen atoms in total. The molecule has 0 radical (unpaired) electrons. The van der Waals surface area contributed by atoms with Crippen molar-refractivity contribution in [3.8, 4) is 0 Å². The number of aliphatic carboxylic acids is 1. The number of benzene rings is 2. The third-order valence-electron chi connectivity index (χ3n) is 4.61. The molecule has 1 unspecified atom stereocenters. The number of hydrogen-bond donors (Lipinski definition) is 1. The molecule has 25 heavy (non-hydrogen) atoms. The van der Waals surface area contributed by atoms with Gasteiger partial charge < -0.3 is 10.0 Å². The van der Waals surface area contributed by atoms with Gasteiger partial charge >= 0.3 is 5.97 Å². The second-order valence-electron chi connectivity index (χ2n) is 7.18. The summed E-state index contributed by atoms with van der Waals surface area (Å²) in [6.45, 7) is 5.06. The molecule has 0 aliphatic heterocycles. The lowest BCUT2D eigenvalue weighted by molar-refractivity contribution is -0.139. The van der Waals surface area contributed by atoms with Gasteiger partial charge in [-0.25, -0.2) is 0 Å². The van der Waals surface area contributed by atoms with E-state index in [1.165, 1.54) is 5.56 Å². The topological polar surface area (TPSA) is 40.5 Å². The van der Waals surface area contributed by atoms with Crippen molar-refractivity contribution in [2.24, 2.45) is 5.92 Å². The zero-order valence-electron chi connectivity index (χ0n) is 15.7. The van der Waals surface area contributed by atoms with E-state index in [2.05, 4.69) is 43.3 Å². The van der Waals surface area contributed by atoms with Crippen LogP contribution in [0.1, 0.15) is 43.7 Å². The van der Waals surface area contributed by atoms with Crippen LogP contribution in [0.3, 0.4) is 0 Å². The van der Waals surface area contributed by atoms with Gasteiger partial charge in [0.2, 0.25) is 0 Å². The van der Waals surface area contributed by atoms with Crippen LogP contribution in [-0.4, -0.2) is 36.6 Å². The Hall–Kier alpha value is -1.58. The molecular formula is C21H30ClNO2. The molecule has 0 saturated carbocycles. The average Bonchev–Trinajstić information content (AvgIpc) is 2.52. The molecule has 0 aliphatic carbocycles. The zero-order valence-corrected chi connectivity index (χ0v) is 16.5. The summed E-state index contributed by atoms with van der Waals surface area (Å²) in [4.78, 5) is 14.1. The highest BCUT2D eigenvalue weighted by Gasteiger charge is 2.27. The Morgan fingerprint density at radius 1 is 1.08 bits per heavy atom. The fraction of sp³-hybridized carbons (Fsp3) is 0.476. The molecule has 4 heteroatoms. The van der Waals surface area contributed by atoms with Gasteiger partial charge in [-0.05, 0) is 67.7 Å². The van der Waals surface area contributed by atoms with Crippen molar-refractivity contribution in [2.45, 2.75) is 39.0 Å².